The van der Waals surface area contributed by atoms with Gasteiger partial charge in [-0.25, -0.2) is 0 Å². The SMILES string of the molecule is COCCCN1C(=O)Cc2ccccc21.NC(=O)c1cccc2ncccc12. The van der Waals surface area contributed by atoms with Gasteiger partial charge in [0.2, 0.25) is 11.8 Å². The summed E-state index contributed by atoms with van der Waals surface area (Å²) in [6.45, 7) is 1.45. The Morgan fingerprint density at radius 3 is 2.75 bits per heavy atom. The monoisotopic (exact) mass is 377 g/mol. The maximum atomic E-state index is 11.7. The number of hydrogen-bond donors (Lipinski definition) is 1. The van der Waals surface area contributed by atoms with Crippen LogP contribution in [0.15, 0.2) is 60.8 Å². The number of para-hydroxylation sites is 1. The molecule has 6 nitrogen and oxygen atoms in total. The first-order chi connectivity index (χ1) is 13.6. The molecular weight excluding hydrogens is 354 g/mol. The summed E-state index contributed by atoms with van der Waals surface area (Å²) in [5.74, 6) is -0.217. The lowest BCUT2D eigenvalue weighted by atomic mass is 10.1. The number of fused-ring (bicyclic) bond motifs is 2. The Bertz CT molecular complexity index is 982. The lowest BCUT2D eigenvalue weighted by molar-refractivity contribution is -0.117. The first-order valence-electron chi connectivity index (χ1n) is 9.12. The Morgan fingerprint density at radius 1 is 1.14 bits per heavy atom. The topological polar surface area (TPSA) is 85.5 Å². The molecule has 0 atom stereocenters. The van der Waals surface area contributed by atoms with Gasteiger partial charge in [0.05, 0.1) is 11.9 Å². The Hall–Kier alpha value is -3.25. The zero-order valence-electron chi connectivity index (χ0n) is 15.8. The van der Waals surface area contributed by atoms with E-state index in [1.807, 2.05) is 41.3 Å². The van der Waals surface area contributed by atoms with Crippen LogP contribution < -0.4 is 10.6 Å². The standard InChI is InChI=1S/C12H15NO2.C10H8N2O/c1-15-8-4-7-13-11-6-3-2-5-10(11)9-12(13)14;11-10(13)8-3-1-5-9-7(8)4-2-6-12-9/h2-3,5-6H,4,7-9H2,1H3;1-6H,(H2,11,13). The average molecular weight is 377 g/mol. The van der Waals surface area contributed by atoms with E-state index in [0.29, 0.717) is 18.6 Å². The smallest absolute Gasteiger partial charge is 0.249 e. The molecule has 3 aromatic rings. The number of nitrogens with two attached hydrogens (primary N) is 1. The van der Waals surface area contributed by atoms with Gasteiger partial charge >= 0.3 is 0 Å². The molecule has 0 saturated heterocycles. The molecule has 1 aromatic heterocycles. The van der Waals surface area contributed by atoms with Crippen LogP contribution in [0.25, 0.3) is 10.9 Å². The number of carbonyl (C=O) groups is 2. The van der Waals surface area contributed by atoms with Crippen LogP contribution in [0.5, 0.6) is 0 Å². The number of aromatic nitrogens is 1. The minimum Gasteiger partial charge on any atom is -0.385 e. The molecule has 0 fully saturated rings. The molecule has 0 aliphatic carbocycles. The highest BCUT2D eigenvalue weighted by Gasteiger charge is 2.25. The van der Waals surface area contributed by atoms with Gasteiger partial charge in [0.1, 0.15) is 0 Å². The molecule has 2 N–H and O–H groups in total. The van der Waals surface area contributed by atoms with E-state index in [4.69, 9.17) is 10.5 Å². The molecule has 6 heteroatoms. The van der Waals surface area contributed by atoms with Crippen molar-refractivity contribution in [2.45, 2.75) is 12.8 Å². The highest BCUT2D eigenvalue weighted by atomic mass is 16.5. The van der Waals surface area contributed by atoms with Crippen LogP contribution in [0.1, 0.15) is 22.3 Å². The van der Waals surface area contributed by atoms with Gasteiger partial charge in [-0.2, -0.15) is 0 Å². The average Bonchev–Trinajstić information content (AvgIpc) is 3.03. The van der Waals surface area contributed by atoms with Crippen molar-refractivity contribution in [1.29, 1.82) is 0 Å². The molecule has 0 unspecified atom stereocenters. The third-order valence-electron chi connectivity index (χ3n) is 4.57. The van der Waals surface area contributed by atoms with Crippen molar-refractivity contribution in [3.8, 4) is 0 Å². The van der Waals surface area contributed by atoms with Gasteiger partial charge in [-0.15, -0.1) is 0 Å². The van der Waals surface area contributed by atoms with Crippen molar-refractivity contribution in [3.05, 3.63) is 71.9 Å². The summed E-state index contributed by atoms with van der Waals surface area (Å²) in [5.41, 5.74) is 8.73. The van der Waals surface area contributed by atoms with Crippen molar-refractivity contribution in [1.82, 2.24) is 4.98 Å². The Kier molecular flexibility index (Phi) is 6.34. The summed E-state index contributed by atoms with van der Waals surface area (Å²) in [7, 11) is 1.68. The van der Waals surface area contributed by atoms with E-state index in [0.717, 1.165) is 35.1 Å². The number of ether oxygens (including phenoxy) is 1. The largest absolute Gasteiger partial charge is 0.385 e. The van der Waals surface area contributed by atoms with Gasteiger partial charge in [0.15, 0.2) is 0 Å². The number of benzene rings is 2. The molecule has 144 valence electrons. The molecule has 1 aliphatic rings. The number of pyridine rings is 1. The molecule has 0 saturated carbocycles. The molecular formula is C22H23N3O3. The number of amides is 2. The van der Waals surface area contributed by atoms with Gasteiger partial charge in [-0.3, -0.25) is 14.6 Å². The Balaban J connectivity index is 0.000000162. The molecule has 0 spiro atoms. The van der Waals surface area contributed by atoms with Crippen LogP contribution in [0, 0.1) is 0 Å². The van der Waals surface area contributed by atoms with Crippen LogP contribution in [-0.2, 0) is 16.0 Å². The lowest BCUT2D eigenvalue weighted by Gasteiger charge is -2.16. The number of hydrogen-bond acceptors (Lipinski definition) is 4. The predicted molar refractivity (Wildman–Crippen MR) is 109 cm³/mol. The minimum atomic E-state index is -0.418. The summed E-state index contributed by atoms with van der Waals surface area (Å²) in [5, 5.41) is 0.803. The Morgan fingerprint density at radius 2 is 1.96 bits per heavy atom. The summed E-state index contributed by atoms with van der Waals surface area (Å²) in [6, 6.07) is 16.9. The maximum absolute atomic E-state index is 11.7. The van der Waals surface area contributed by atoms with E-state index < -0.39 is 5.91 Å². The van der Waals surface area contributed by atoms with E-state index in [2.05, 4.69) is 4.98 Å². The summed E-state index contributed by atoms with van der Waals surface area (Å²) in [6.07, 6.45) is 3.12. The molecule has 2 amide bonds. The zero-order chi connectivity index (χ0) is 19.9. The van der Waals surface area contributed by atoms with Gasteiger partial charge < -0.3 is 15.4 Å². The van der Waals surface area contributed by atoms with Crippen LogP contribution in [-0.4, -0.2) is 37.1 Å². The molecule has 1 aliphatic heterocycles. The van der Waals surface area contributed by atoms with Crippen LogP contribution in [0.3, 0.4) is 0 Å². The van der Waals surface area contributed by atoms with E-state index >= 15 is 0 Å². The molecule has 0 radical (unpaired) electrons. The third-order valence-corrected chi connectivity index (χ3v) is 4.57. The minimum absolute atomic E-state index is 0.201. The highest BCUT2D eigenvalue weighted by Crippen LogP contribution is 2.28. The Labute approximate surface area is 163 Å². The second kappa shape index (κ2) is 9.10. The molecule has 0 bridgehead atoms. The maximum Gasteiger partial charge on any atom is 0.249 e. The van der Waals surface area contributed by atoms with E-state index in [1.54, 1.807) is 31.5 Å². The van der Waals surface area contributed by atoms with Crippen molar-refractivity contribution in [3.63, 3.8) is 0 Å². The number of methoxy groups -OCH3 is 1. The lowest BCUT2D eigenvalue weighted by Crippen LogP contribution is -2.28. The van der Waals surface area contributed by atoms with Gasteiger partial charge in [-0.05, 0) is 36.2 Å². The third kappa shape index (κ3) is 4.35. The number of primary amides is 1. The predicted octanol–water partition coefficient (Wildman–Crippen LogP) is 2.95. The fourth-order valence-corrected chi connectivity index (χ4v) is 3.25. The summed E-state index contributed by atoms with van der Waals surface area (Å²) >= 11 is 0. The van der Waals surface area contributed by atoms with E-state index in [-0.39, 0.29) is 5.91 Å². The number of rotatable bonds is 5. The first-order valence-corrected chi connectivity index (χ1v) is 9.12. The van der Waals surface area contributed by atoms with Crippen LogP contribution >= 0.6 is 0 Å². The first kappa shape index (κ1) is 19.5. The highest BCUT2D eigenvalue weighted by molar-refractivity contribution is 6.05. The second-order valence-corrected chi connectivity index (χ2v) is 6.44. The summed E-state index contributed by atoms with van der Waals surface area (Å²) < 4.78 is 4.99. The van der Waals surface area contributed by atoms with Crippen molar-refractivity contribution in [2.75, 3.05) is 25.2 Å². The molecule has 28 heavy (non-hydrogen) atoms. The molecule has 2 aromatic carbocycles. The number of nitrogens with zero attached hydrogens (tertiary/aromatic N) is 2. The van der Waals surface area contributed by atoms with Gasteiger partial charge in [-0.1, -0.05) is 30.3 Å². The second-order valence-electron chi connectivity index (χ2n) is 6.44. The zero-order valence-corrected chi connectivity index (χ0v) is 15.8. The van der Waals surface area contributed by atoms with Crippen molar-refractivity contribution in [2.24, 2.45) is 5.73 Å². The van der Waals surface area contributed by atoms with Crippen LogP contribution in [0.2, 0.25) is 0 Å². The van der Waals surface area contributed by atoms with Gasteiger partial charge in [0, 0.05) is 43.1 Å². The normalized spacial score (nSPS) is 12.5. The van der Waals surface area contributed by atoms with Crippen molar-refractivity contribution >= 4 is 28.4 Å². The van der Waals surface area contributed by atoms with Crippen LogP contribution in [0.4, 0.5) is 5.69 Å². The quantitative estimate of drug-likeness (QED) is 0.693. The fraction of sp³-hybridized carbons (Fsp3) is 0.227. The number of anilines is 1. The fourth-order valence-electron chi connectivity index (χ4n) is 3.25. The van der Waals surface area contributed by atoms with E-state index in [9.17, 15) is 9.59 Å². The van der Waals surface area contributed by atoms with Crippen molar-refractivity contribution < 1.29 is 14.3 Å². The number of carbonyl (C=O) groups excluding carboxylic acids is 2. The van der Waals surface area contributed by atoms with E-state index in [1.165, 1.54) is 0 Å². The molecule has 4 rings (SSSR count). The summed E-state index contributed by atoms with van der Waals surface area (Å²) in [4.78, 5) is 28.7. The van der Waals surface area contributed by atoms with Gasteiger partial charge in [0.25, 0.3) is 0 Å². The molecule has 2 heterocycles.